The van der Waals surface area contributed by atoms with E-state index in [1.165, 1.54) is 11.8 Å². The van der Waals surface area contributed by atoms with Crippen molar-refractivity contribution >= 4 is 28.7 Å². The summed E-state index contributed by atoms with van der Waals surface area (Å²) in [5, 5.41) is 11.3. The number of amides is 1. The average Bonchev–Trinajstić information content (AvgIpc) is 3.32. The molecule has 0 fully saturated rings. The first-order valence-electron chi connectivity index (χ1n) is 8.69. The smallest absolute Gasteiger partial charge is 0.277 e. The average molecular weight is 394 g/mol. The molecule has 4 aromatic rings. The van der Waals surface area contributed by atoms with Gasteiger partial charge in [-0.15, -0.1) is 10.2 Å². The summed E-state index contributed by atoms with van der Waals surface area (Å²) in [6, 6.07) is 11.2. The van der Waals surface area contributed by atoms with Crippen LogP contribution in [0.15, 0.2) is 58.4 Å². The van der Waals surface area contributed by atoms with Crippen LogP contribution >= 0.6 is 11.8 Å². The molecule has 142 valence electrons. The van der Waals surface area contributed by atoms with E-state index in [4.69, 9.17) is 4.42 Å². The molecule has 1 amide bonds. The van der Waals surface area contributed by atoms with Crippen molar-refractivity contribution in [1.82, 2.24) is 30.0 Å². The summed E-state index contributed by atoms with van der Waals surface area (Å²) in [4.78, 5) is 20.9. The Bertz CT molecular complexity index is 1110. The number of nitrogens with one attached hydrogen (secondary N) is 1. The van der Waals surface area contributed by atoms with Crippen LogP contribution in [0.5, 0.6) is 0 Å². The summed E-state index contributed by atoms with van der Waals surface area (Å²) in [6.07, 6.45) is 3.31. The molecule has 28 heavy (non-hydrogen) atoms. The molecule has 1 N–H and O–H groups in total. The molecule has 0 aliphatic heterocycles. The number of pyridine rings is 1. The zero-order valence-corrected chi connectivity index (χ0v) is 16.2. The van der Waals surface area contributed by atoms with E-state index < -0.39 is 0 Å². The van der Waals surface area contributed by atoms with E-state index in [-0.39, 0.29) is 17.7 Å². The summed E-state index contributed by atoms with van der Waals surface area (Å²) >= 11 is 1.20. The molecule has 0 spiro atoms. The highest BCUT2D eigenvalue weighted by Crippen LogP contribution is 2.23. The van der Waals surface area contributed by atoms with Gasteiger partial charge in [0.15, 0.2) is 0 Å². The van der Waals surface area contributed by atoms with Gasteiger partial charge in [-0.05, 0) is 31.2 Å². The van der Waals surface area contributed by atoms with Crippen molar-refractivity contribution in [3.63, 3.8) is 0 Å². The highest BCUT2D eigenvalue weighted by molar-refractivity contribution is 7.99. The Morgan fingerprint density at radius 1 is 1.21 bits per heavy atom. The third-order valence-electron chi connectivity index (χ3n) is 4.25. The Balaban J connectivity index is 1.36. The molecule has 0 saturated heterocycles. The van der Waals surface area contributed by atoms with Gasteiger partial charge in [0, 0.05) is 25.0 Å². The third-order valence-corrected chi connectivity index (χ3v) is 5.07. The molecule has 0 radical (unpaired) electrons. The fraction of sp³-hybridized carbons (Fsp3) is 0.211. The van der Waals surface area contributed by atoms with Crippen LogP contribution in [-0.4, -0.2) is 36.4 Å². The second-order valence-electron chi connectivity index (χ2n) is 6.20. The highest BCUT2D eigenvalue weighted by Gasteiger charge is 2.17. The number of nitrogens with zero attached hydrogens (tertiary/aromatic N) is 5. The Labute approximate surface area is 165 Å². The molecule has 3 heterocycles. The van der Waals surface area contributed by atoms with Crippen LogP contribution in [0.25, 0.3) is 22.5 Å². The zero-order valence-electron chi connectivity index (χ0n) is 15.4. The van der Waals surface area contributed by atoms with E-state index in [0.29, 0.717) is 11.1 Å². The van der Waals surface area contributed by atoms with Crippen molar-refractivity contribution in [2.45, 2.75) is 18.2 Å². The summed E-state index contributed by atoms with van der Waals surface area (Å²) < 4.78 is 7.58. The maximum Gasteiger partial charge on any atom is 0.277 e. The molecule has 1 atom stereocenters. The highest BCUT2D eigenvalue weighted by atomic mass is 32.2. The van der Waals surface area contributed by atoms with Crippen molar-refractivity contribution in [3.05, 3.63) is 54.6 Å². The quantitative estimate of drug-likeness (QED) is 0.502. The molecule has 0 aliphatic carbocycles. The number of imidazole rings is 1. The normalized spacial score (nSPS) is 12.2. The number of hydrogen-bond donors (Lipinski definition) is 1. The molecule has 4 rings (SSSR count). The van der Waals surface area contributed by atoms with Crippen LogP contribution in [-0.2, 0) is 11.8 Å². The molecule has 0 unspecified atom stereocenters. The lowest BCUT2D eigenvalue weighted by atomic mass is 10.3. The van der Waals surface area contributed by atoms with Crippen LogP contribution in [0.4, 0.5) is 0 Å². The number of aryl methyl sites for hydroxylation is 1. The van der Waals surface area contributed by atoms with E-state index in [9.17, 15) is 4.79 Å². The van der Waals surface area contributed by atoms with Gasteiger partial charge in [-0.3, -0.25) is 9.78 Å². The lowest BCUT2D eigenvalue weighted by Gasteiger charge is -2.13. The second kappa shape index (κ2) is 7.81. The van der Waals surface area contributed by atoms with Crippen molar-refractivity contribution in [2.24, 2.45) is 7.05 Å². The number of aromatic nitrogens is 5. The van der Waals surface area contributed by atoms with Crippen molar-refractivity contribution in [1.29, 1.82) is 0 Å². The number of rotatable bonds is 6. The lowest BCUT2D eigenvalue weighted by Crippen LogP contribution is -2.29. The van der Waals surface area contributed by atoms with Gasteiger partial charge >= 0.3 is 0 Å². The van der Waals surface area contributed by atoms with Gasteiger partial charge in [0.2, 0.25) is 11.8 Å². The van der Waals surface area contributed by atoms with E-state index in [0.717, 1.165) is 22.4 Å². The molecule has 9 heteroatoms. The summed E-state index contributed by atoms with van der Waals surface area (Å²) in [5.74, 6) is 1.25. The monoisotopic (exact) mass is 394 g/mol. The van der Waals surface area contributed by atoms with E-state index in [1.54, 1.807) is 24.5 Å². The number of benzene rings is 1. The summed E-state index contributed by atoms with van der Waals surface area (Å²) in [7, 11) is 1.95. The van der Waals surface area contributed by atoms with E-state index in [1.807, 2.05) is 42.8 Å². The molecule has 3 aromatic heterocycles. The van der Waals surface area contributed by atoms with Gasteiger partial charge in [-0.25, -0.2) is 4.98 Å². The molecule has 0 bridgehead atoms. The molecular formula is C19H18N6O2S. The van der Waals surface area contributed by atoms with Crippen LogP contribution in [0.2, 0.25) is 0 Å². The fourth-order valence-corrected chi connectivity index (χ4v) is 3.48. The Hall–Kier alpha value is -3.20. The zero-order chi connectivity index (χ0) is 19.5. The van der Waals surface area contributed by atoms with E-state index >= 15 is 0 Å². The largest absolute Gasteiger partial charge is 0.411 e. The summed E-state index contributed by atoms with van der Waals surface area (Å²) in [6.45, 7) is 1.91. The van der Waals surface area contributed by atoms with Gasteiger partial charge in [0.05, 0.1) is 22.8 Å². The predicted octanol–water partition coefficient (Wildman–Crippen LogP) is 2.99. The molecule has 8 nitrogen and oxygen atoms in total. The molecule has 1 aromatic carbocycles. The van der Waals surface area contributed by atoms with E-state index in [2.05, 4.69) is 25.5 Å². The number of thioether (sulfide) groups is 1. The fourth-order valence-electron chi connectivity index (χ4n) is 2.91. The van der Waals surface area contributed by atoms with Crippen LogP contribution < -0.4 is 5.32 Å². The number of carbonyl (C=O) groups is 1. The Morgan fingerprint density at radius 3 is 2.79 bits per heavy atom. The lowest BCUT2D eigenvalue weighted by molar-refractivity contribution is -0.119. The predicted molar refractivity (Wildman–Crippen MR) is 106 cm³/mol. The first-order chi connectivity index (χ1) is 13.6. The van der Waals surface area contributed by atoms with Crippen molar-refractivity contribution in [2.75, 3.05) is 5.75 Å². The maximum absolute atomic E-state index is 12.3. The standard InChI is InChI=1S/C19H18N6O2S/c1-12(17-22-14-5-3-4-6-15(14)25(17)2)21-16(26)11-28-19-24-23-18(27-19)13-7-9-20-10-8-13/h3-10,12H,11H2,1-2H3,(H,21,26)/t12-/m1/s1. The van der Waals surface area contributed by atoms with Crippen LogP contribution in [0, 0.1) is 0 Å². The first-order valence-corrected chi connectivity index (χ1v) is 9.68. The van der Waals surface area contributed by atoms with Gasteiger partial charge in [0.1, 0.15) is 5.82 Å². The number of hydrogen-bond acceptors (Lipinski definition) is 7. The van der Waals surface area contributed by atoms with Gasteiger partial charge < -0.3 is 14.3 Å². The second-order valence-corrected chi connectivity index (χ2v) is 7.13. The summed E-state index contributed by atoms with van der Waals surface area (Å²) in [5.41, 5.74) is 2.72. The van der Waals surface area contributed by atoms with Gasteiger partial charge in [0.25, 0.3) is 5.22 Å². The van der Waals surface area contributed by atoms with Crippen molar-refractivity contribution < 1.29 is 9.21 Å². The molecule has 0 saturated carbocycles. The Kier molecular flexibility index (Phi) is 5.07. The van der Waals surface area contributed by atoms with Crippen LogP contribution in [0.3, 0.4) is 0 Å². The number of fused-ring (bicyclic) bond motifs is 1. The first kappa shape index (κ1) is 18.2. The number of carbonyl (C=O) groups excluding carboxylic acids is 1. The minimum absolute atomic E-state index is 0.131. The minimum atomic E-state index is -0.222. The van der Waals surface area contributed by atoms with Gasteiger partial charge in [-0.2, -0.15) is 0 Å². The third kappa shape index (κ3) is 3.74. The van der Waals surface area contributed by atoms with Crippen LogP contribution in [0.1, 0.15) is 18.8 Å². The van der Waals surface area contributed by atoms with Crippen molar-refractivity contribution in [3.8, 4) is 11.5 Å². The topological polar surface area (TPSA) is 98.7 Å². The Morgan fingerprint density at radius 2 is 2.00 bits per heavy atom. The number of para-hydroxylation sites is 2. The minimum Gasteiger partial charge on any atom is -0.411 e. The SMILES string of the molecule is C[C@@H](NC(=O)CSc1nnc(-c2ccncc2)o1)c1nc2ccccc2n1C. The maximum atomic E-state index is 12.3. The molecule has 0 aliphatic rings. The molecular weight excluding hydrogens is 376 g/mol. The van der Waals surface area contributed by atoms with Gasteiger partial charge in [-0.1, -0.05) is 23.9 Å².